The van der Waals surface area contributed by atoms with Gasteiger partial charge in [0.1, 0.15) is 29.9 Å². The van der Waals surface area contributed by atoms with E-state index in [1.165, 1.54) is 13.0 Å². The third-order valence-corrected chi connectivity index (χ3v) is 7.35. The SMILES string of the molecule is CC=C1NC(=O)[C@@H](C)NC(=O)[C@@H](C(C)C)NC(=O)C[C@@H](C=CCCSSC)OC(=O)[C@H](C(C)C)NC1=O. The molecule has 1 aliphatic heterocycles. The van der Waals surface area contributed by atoms with E-state index in [0.717, 1.165) is 5.75 Å². The van der Waals surface area contributed by atoms with Gasteiger partial charge in [0.15, 0.2) is 0 Å². The van der Waals surface area contributed by atoms with Crippen LogP contribution in [0.3, 0.4) is 0 Å². The molecule has 0 unspecified atom stereocenters. The Morgan fingerprint density at radius 2 is 1.62 bits per heavy atom. The first kappa shape index (κ1) is 32.6. The average molecular weight is 557 g/mol. The molecule has 0 aliphatic carbocycles. The highest BCUT2D eigenvalue weighted by Crippen LogP contribution is 2.18. The number of carbonyl (C=O) groups excluding carboxylic acids is 5. The Labute approximate surface area is 227 Å². The second kappa shape index (κ2) is 16.4. The summed E-state index contributed by atoms with van der Waals surface area (Å²) in [6.45, 7) is 10.1. The minimum absolute atomic E-state index is 0.0619. The first-order valence-corrected chi connectivity index (χ1v) is 15.0. The van der Waals surface area contributed by atoms with Gasteiger partial charge in [-0.15, -0.1) is 0 Å². The topological polar surface area (TPSA) is 143 Å². The van der Waals surface area contributed by atoms with Gasteiger partial charge in [0.25, 0.3) is 5.91 Å². The van der Waals surface area contributed by atoms with Gasteiger partial charge in [0.05, 0.1) is 6.42 Å². The predicted molar refractivity (Wildman–Crippen MR) is 147 cm³/mol. The molecule has 0 bridgehead atoms. The van der Waals surface area contributed by atoms with Crippen LogP contribution in [0.5, 0.6) is 0 Å². The van der Waals surface area contributed by atoms with Gasteiger partial charge in [-0.05, 0) is 44.4 Å². The standard InChI is InChI=1S/C25H40N4O6S2/c1-8-18-23(32)29-21(15(4)5)25(34)35-17(11-9-10-12-37-36-7)13-19(30)28-20(14(2)3)24(33)26-16(6)22(31)27-18/h8-9,11,14-17,20-21H,10,12-13H2,1-7H3,(H,26,33)(H,27,31)(H,28,30)(H,29,32)/t16-,17-,20-,21+/m1/s1. The largest absolute Gasteiger partial charge is 0.456 e. The molecule has 4 amide bonds. The van der Waals surface area contributed by atoms with Crippen LogP contribution in [0, 0.1) is 11.8 Å². The van der Waals surface area contributed by atoms with E-state index in [1.807, 2.05) is 12.3 Å². The molecule has 12 heteroatoms. The molecular weight excluding hydrogens is 516 g/mol. The van der Waals surface area contributed by atoms with Crippen molar-refractivity contribution >= 4 is 51.2 Å². The van der Waals surface area contributed by atoms with Crippen molar-refractivity contribution in [2.75, 3.05) is 12.0 Å². The molecule has 0 aromatic carbocycles. The number of allylic oxidation sites excluding steroid dienone is 2. The molecule has 1 heterocycles. The lowest BCUT2D eigenvalue weighted by atomic mass is 10.0. The van der Waals surface area contributed by atoms with Gasteiger partial charge in [-0.25, -0.2) is 4.79 Å². The highest BCUT2D eigenvalue weighted by Gasteiger charge is 2.32. The summed E-state index contributed by atoms with van der Waals surface area (Å²) in [6.07, 6.45) is 6.50. The molecule has 0 radical (unpaired) electrons. The van der Waals surface area contributed by atoms with E-state index in [-0.39, 0.29) is 24.0 Å². The molecule has 1 aliphatic rings. The Kier molecular flexibility index (Phi) is 14.4. The van der Waals surface area contributed by atoms with Gasteiger partial charge >= 0.3 is 5.97 Å². The van der Waals surface area contributed by atoms with E-state index in [2.05, 4.69) is 21.3 Å². The molecule has 0 spiro atoms. The molecule has 4 atom stereocenters. The van der Waals surface area contributed by atoms with Crippen LogP contribution >= 0.6 is 21.6 Å². The lowest BCUT2D eigenvalue weighted by molar-refractivity contribution is -0.153. The van der Waals surface area contributed by atoms with E-state index in [0.29, 0.717) is 6.42 Å². The van der Waals surface area contributed by atoms with E-state index < -0.39 is 53.8 Å². The molecule has 0 aromatic heterocycles. The number of nitrogens with one attached hydrogen (secondary N) is 4. The summed E-state index contributed by atoms with van der Waals surface area (Å²) in [6, 6.07) is -2.91. The normalized spacial score (nSPS) is 26.2. The Balaban J connectivity index is 3.35. The monoisotopic (exact) mass is 556 g/mol. The third-order valence-electron chi connectivity index (χ3n) is 5.51. The number of carbonyl (C=O) groups is 5. The lowest BCUT2D eigenvalue weighted by Crippen LogP contribution is -2.56. The number of hydrogen-bond donors (Lipinski definition) is 4. The summed E-state index contributed by atoms with van der Waals surface area (Å²) < 4.78 is 5.66. The lowest BCUT2D eigenvalue weighted by Gasteiger charge is -2.27. The van der Waals surface area contributed by atoms with Crippen molar-refractivity contribution in [1.82, 2.24) is 21.3 Å². The molecule has 37 heavy (non-hydrogen) atoms. The van der Waals surface area contributed by atoms with Crippen LogP contribution in [-0.4, -0.2) is 65.8 Å². The summed E-state index contributed by atoms with van der Waals surface area (Å²) in [7, 11) is 3.33. The summed E-state index contributed by atoms with van der Waals surface area (Å²) in [4.78, 5) is 64.4. The summed E-state index contributed by atoms with van der Waals surface area (Å²) in [5.41, 5.74) is -0.0619. The summed E-state index contributed by atoms with van der Waals surface area (Å²) in [5.74, 6) is -2.78. The van der Waals surface area contributed by atoms with Crippen LogP contribution in [-0.2, 0) is 28.7 Å². The highest BCUT2D eigenvalue weighted by atomic mass is 33.1. The number of esters is 1. The molecular formula is C25H40N4O6S2. The van der Waals surface area contributed by atoms with Crippen molar-refractivity contribution in [2.45, 2.75) is 78.6 Å². The Hall–Kier alpha value is -2.47. The maximum absolute atomic E-state index is 13.1. The number of cyclic esters (lactones) is 1. The summed E-state index contributed by atoms with van der Waals surface area (Å²) in [5, 5.41) is 10.4. The molecule has 0 aromatic rings. The van der Waals surface area contributed by atoms with Crippen molar-refractivity contribution < 1.29 is 28.7 Å². The van der Waals surface area contributed by atoms with E-state index in [4.69, 9.17) is 4.74 Å². The minimum atomic E-state index is -1.01. The van der Waals surface area contributed by atoms with Gasteiger partial charge in [-0.1, -0.05) is 61.4 Å². The van der Waals surface area contributed by atoms with Crippen LogP contribution < -0.4 is 21.3 Å². The minimum Gasteiger partial charge on any atom is -0.456 e. The van der Waals surface area contributed by atoms with Gasteiger partial charge in [0, 0.05) is 5.75 Å². The smallest absolute Gasteiger partial charge is 0.329 e. The van der Waals surface area contributed by atoms with Crippen LogP contribution in [0.25, 0.3) is 0 Å². The zero-order chi connectivity index (χ0) is 28.1. The Morgan fingerprint density at radius 1 is 0.973 bits per heavy atom. The number of hydrogen-bond acceptors (Lipinski definition) is 8. The molecule has 1 fully saturated rings. The van der Waals surface area contributed by atoms with Gasteiger partial charge in [0.2, 0.25) is 17.7 Å². The quantitative estimate of drug-likeness (QED) is 0.123. The Bertz CT molecular complexity index is 890. The number of ether oxygens (including phenoxy) is 1. The number of rotatable bonds is 7. The predicted octanol–water partition coefficient (Wildman–Crippen LogP) is 2.07. The van der Waals surface area contributed by atoms with Crippen LogP contribution in [0.15, 0.2) is 23.9 Å². The van der Waals surface area contributed by atoms with Crippen LogP contribution in [0.4, 0.5) is 0 Å². The number of amides is 4. The maximum Gasteiger partial charge on any atom is 0.329 e. The van der Waals surface area contributed by atoms with E-state index in [9.17, 15) is 24.0 Å². The molecule has 4 N–H and O–H groups in total. The maximum atomic E-state index is 13.1. The second-order valence-corrected chi connectivity index (χ2v) is 12.0. The second-order valence-electron chi connectivity index (χ2n) is 9.29. The van der Waals surface area contributed by atoms with Gasteiger partial charge in [-0.2, -0.15) is 0 Å². The van der Waals surface area contributed by atoms with Crippen molar-refractivity contribution in [3.63, 3.8) is 0 Å². The van der Waals surface area contributed by atoms with Crippen molar-refractivity contribution in [1.29, 1.82) is 0 Å². The fraction of sp³-hybridized carbons (Fsp3) is 0.640. The zero-order valence-electron chi connectivity index (χ0n) is 22.6. The molecule has 1 saturated heterocycles. The molecule has 0 saturated carbocycles. The van der Waals surface area contributed by atoms with Crippen molar-refractivity contribution in [3.8, 4) is 0 Å². The highest BCUT2D eigenvalue weighted by molar-refractivity contribution is 8.76. The van der Waals surface area contributed by atoms with Gasteiger partial charge < -0.3 is 26.0 Å². The molecule has 1 rings (SSSR count). The molecule has 208 valence electrons. The summed E-state index contributed by atoms with van der Waals surface area (Å²) >= 11 is 0. The Morgan fingerprint density at radius 3 is 2.19 bits per heavy atom. The van der Waals surface area contributed by atoms with E-state index >= 15 is 0 Å². The average Bonchev–Trinajstić information content (AvgIpc) is 2.82. The van der Waals surface area contributed by atoms with E-state index in [1.54, 1.807) is 62.3 Å². The third kappa shape index (κ3) is 11.2. The first-order chi connectivity index (χ1) is 17.4. The molecule has 10 nitrogen and oxygen atoms in total. The van der Waals surface area contributed by atoms with Crippen molar-refractivity contribution in [2.24, 2.45) is 11.8 Å². The van der Waals surface area contributed by atoms with Crippen molar-refractivity contribution in [3.05, 3.63) is 23.9 Å². The van der Waals surface area contributed by atoms with Crippen LogP contribution in [0.2, 0.25) is 0 Å². The first-order valence-electron chi connectivity index (χ1n) is 12.3. The zero-order valence-corrected chi connectivity index (χ0v) is 24.2. The fourth-order valence-electron chi connectivity index (χ4n) is 3.36. The fourth-order valence-corrected chi connectivity index (χ4v) is 4.54. The van der Waals surface area contributed by atoms with Gasteiger partial charge in [-0.3, -0.25) is 19.2 Å². The van der Waals surface area contributed by atoms with Crippen LogP contribution in [0.1, 0.15) is 54.4 Å².